The zero-order valence-corrected chi connectivity index (χ0v) is 20.6. The van der Waals surface area contributed by atoms with E-state index in [0.29, 0.717) is 42.1 Å². The van der Waals surface area contributed by atoms with Gasteiger partial charge in [0.05, 0.1) is 0 Å². The van der Waals surface area contributed by atoms with E-state index in [2.05, 4.69) is 25.9 Å². The van der Waals surface area contributed by atoms with Gasteiger partial charge in [-0.3, -0.25) is 9.79 Å². The lowest BCUT2D eigenvalue weighted by Crippen LogP contribution is -2.45. The minimum Gasteiger partial charge on any atom is -0.356 e. The molecule has 31 heavy (non-hydrogen) atoms. The molecule has 1 atom stereocenters. The maximum atomic E-state index is 13.9. The number of halogens is 3. The highest BCUT2D eigenvalue weighted by Crippen LogP contribution is 2.23. The van der Waals surface area contributed by atoms with E-state index in [-0.39, 0.29) is 48.2 Å². The maximum absolute atomic E-state index is 13.9. The zero-order valence-electron chi connectivity index (χ0n) is 17.5. The van der Waals surface area contributed by atoms with Crippen molar-refractivity contribution in [2.45, 2.75) is 25.8 Å². The lowest BCUT2D eigenvalue weighted by Gasteiger charge is -2.20. The summed E-state index contributed by atoms with van der Waals surface area (Å²) in [5.74, 6) is 0.551. The number of pyridine rings is 1. The topological polar surface area (TPSA) is 81.6 Å². The molecule has 0 bridgehead atoms. The van der Waals surface area contributed by atoms with Gasteiger partial charge in [0.25, 0.3) is 0 Å². The van der Waals surface area contributed by atoms with Gasteiger partial charge < -0.3 is 20.9 Å². The quantitative estimate of drug-likeness (QED) is 0.286. The summed E-state index contributed by atoms with van der Waals surface area (Å²) in [5, 5.41) is 9.96. The van der Waals surface area contributed by atoms with Crippen molar-refractivity contribution in [2.75, 3.05) is 36.9 Å². The predicted octanol–water partition coefficient (Wildman–Crippen LogP) is 3.57. The largest absolute Gasteiger partial charge is 0.356 e. The number of hydrogen-bond donors (Lipinski definition) is 3. The first-order chi connectivity index (χ1) is 14.5. The van der Waals surface area contributed by atoms with Crippen molar-refractivity contribution in [3.05, 3.63) is 52.9 Å². The van der Waals surface area contributed by atoms with E-state index in [1.165, 1.54) is 6.07 Å². The van der Waals surface area contributed by atoms with Crippen molar-refractivity contribution < 1.29 is 9.18 Å². The molecular weight excluding hydrogens is 534 g/mol. The third-order valence-electron chi connectivity index (χ3n) is 4.98. The lowest BCUT2D eigenvalue weighted by atomic mass is 10.2. The number of nitrogens with one attached hydrogen (secondary N) is 3. The molecule has 1 aromatic heterocycles. The summed E-state index contributed by atoms with van der Waals surface area (Å²) >= 11 is 6.09. The normalized spacial score (nSPS) is 15.9. The molecule has 3 rings (SSSR count). The highest BCUT2D eigenvalue weighted by atomic mass is 127. The fourth-order valence-corrected chi connectivity index (χ4v) is 3.49. The van der Waals surface area contributed by atoms with Crippen LogP contribution >= 0.6 is 35.6 Å². The summed E-state index contributed by atoms with van der Waals surface area (Å²) in [6, 6.07) is 8.52. The van der Waals surface area contributed by atoms with Crippen LogP contribution in [-0.2, 0) is 4.79 Å². The third kappa shape index (κ3) is 6.93. The SMILES string of the molecule is CN=C(NCCC(=O)Nc1cccc(Cl)c1C)NC1CCN(c2ncccc2F)C1.I. The molecule has 0 saturated carbocycles. The number of carbonyl (C=O) groups is 1. The first-order valence-electron chi connectivity index (χ1n) is 9.85. The zero-order chi connectivity index (χ0) is 21.5. The van der Waals surface area contributed by atoms with E-state index < -0.39 is 0 Å². The van der Waals surface area contributed by atoms with Crippen LogP contribution in [0.3, 0.4) is 0 Å². The van der Waals surface area contributed by atoms with Crippen LogP contribution in [0.1, 0.15) is 18.4 Å². The average Bonchev–Trinajstić information content (AvgIpc) is 3.19. The number of nitrogens with zero attached hydrogens (tertiary/aromatic N) is 3. The molecule has 3 N–H and O–H groups in total. The van der Waals surface area contributed by atoms with Crippen molar-refractivity contribution in [1.29, 1.82) is 0 Å². The van der Waals surface area contributed by atoms with Crippen molar-refractivity contribution >= 4 is 58.9 Å². The molecule has 1 unspecified atom stereocenters. The Labute approximate surface area is 203 Å². The van der Waals surface area contributed by atoms with E-state index in [1.54, 1.807) is 31.4 Å². The Morgan fingerprint density at radius 1 is 1.35 bits per heavy atom. The molecule has 10 heteroatoms. The molecule has 1 saturated heterocycles. The van der Waals surface area contributed by atoms with Crippen molar-refractivity contribution in [3.63, 3.8) is 0 Å². The minimum absolute atomic E-state index is 0. The van der Waals surface area contributed by atoms with Crippen LogP contribution in [0.2, 0.25) is 5.02 Å². The molecule has 0 spiro atoms. The summed E-state index contributed by atoms with van der Waals surface area (Å²) < 4.78 is 13.9. The summed E-state index contributed by atoms with van der Waals surface area (Å²) in [4.78, 5) is 22.5. The summed E-state index contributed by atoms with van der Waals surface area (Å²) in [6.07, 6.45) is 2.71. The molecule has 2 aromatic rings. The molecule has 1 fully saturated rings. The van der Waals surface area contributed by atoms with E-state index in [0.717, 1.165) is 12.0 Å². The molecule has 0 aliphatic carbocycles. The second kappa shape index (κ2) is 12.0. The van der Waals surface area contributed by atoms with Gasteiger partial charge in [0.15, 0.2) is 17.6 Å². The fourth-order valence-electron chi connectivity index (χ4n) is 3.32. The number of hydrogen-bond acceptors (Lipinski definition) is 4. The Morgan fingerprint density at radius 3 is 2.90 bits per heavy atom. The number of benzene rings is 1. The van der Waals surface area contributed by atoms with Crippen LogP contribution in [0.25, 0.3) is 0 Å². The van der Waals surface area contributed by atoms with Gasteiger partial charge in [-0.1, -0.05) is 17.7 Å². The molecule has 0 radical (unpaired) electrons. The Hall–Kier alpha value is -2.14. The first kappa shape index (κ1) is 25.1. The molecule has 1 aromatic carbocycles. The Bertz CT molecular complexity index is 928. The highest BCUT2D eigenvalue weighted by Gasteiger charge is 2.25. The Balaban J connectivity index is 0.00000341. The number of anilines is 2. The van der Waals surface area contributed by atoms with Gasteiger partial charge in [0.2, 0.25) is 5.91 Å². The molecule has 1 aliphatic heterocycles. The Morgan fingerprint density at radius 2 is 2.16 bits per heavy atom. The predicted molar refractivity (Wildman–Crippen MR) is 134 cm³/mol. The molecule has 1 aliphatic rings. The van der Waals surface area contributed by atoms with Crippen molar-refractivity contribution in [2.24, 2.45) is 4.99 Å². The summed E-state index contributed by atoms with van der Waals surface area (Å²) in [6.45, 7) is 3.63. The van der Waals surface area contributed by atoms with Gasteiger partial charge in [-0.2, -0.15) is 0 Å². The van der Waals surface area contributed by atoms with Gasteiger partial charge >= 0.3 is 0 Å². The van der Waals surface area contributed by atoms with E-state index in [9.17, 15) is 9.18 Å². The van der Waals surface area contributed by atoms with Crippen LogP contribution in [0.5, 0.6) is 0 Å². The van der Waals surface area contributed by atoms with Gasteiger partial charge in [-0.05, 0) is 43.2 Å². The lowest BCUT2D eigenvalue weighted by molar-refractivity contribution is -0.116. The van der Waals surface area contributed by atoms with Crippen molar-refractivity contribution in [1.82, 2.24) is 15.6 Å². The molecule has 2 heterocycles. The number of amides is 1. The van der Waals surface area contributed by atoms with Gasteiger partial charge in [0, 0.05) is 56.1 Å². The van der Waals surface area contributed by atoms with E-state index in [1.807, 2.05) is 17.9 Å². The summed E-state index contributed by atoms with van der Waals surface area (Å²) in [7, 11) is 1.68. The standard InChI is InChI=1S/C21H26ClFN6O.HI/c1-14-16(22)5-3-7-18(14)28-19(30)8-11-26-21(24-2)27-15-9-12-29(13-15)20-17(23)6-4-10-25-20;/h3-7,10,15H,8-9,11-13H2,1-2H3,(H,28,30)(H2,24,26,27);1H. The molecule has 7 nitrogen and oxygen atoms in total. The van der Waals surface area contributed by atoms with E-state index >= 15 is 0 Å². The second-order valence-corrected chi connectivity index (χ2v) is 7.50. The molecule has 1 amide bonds. The van der Waals surface area contributed by atoms with Gasteiger partial charge in [-0.25, -0.2) is 9.37 Å². The third-order valence-corrected chi connectivity index (χ3v) is 5.39. The molecular formula is C21H27ClFIN6O. The van der Waals surface area contributed by atoms with Gasteiger partial charge in [-0.15, -0.1) is 24.0 Å². The van der Waals surface area contributed by atoms with Gasteiger partial charge in [0.1, 0.15) is 0 Å². The van der Waals surface area contributed by atoms with Crippen LogP contribution in [0.15, 0.2) is 41.5 Å². The Kier molecular flexibility index (Phi) is 9.76. The van der Waals surface area contributed by atoms with Crippen LogP contribution in [-0.4, -0.2) is 49.6 Å². The van der Waals surface area contributed by atoms with Crippen LogP contribution in [0.4, 0.5) is 15.9 Å². The van der Waals surface area contributed by atoms with Crippen LogP contribution < -0.4 is 20.9 Å². The average molecular weight is 561 g/mol. The number of rotatable bonds is 6. The minimum atomic E-state index is -0.318. The highest BCUT2D eigenvalue weighted by molar-refractivity contribution is 14.0. The summed E-state index contributed by atoms with van der Waals surface area (Å²) in [5.41, 5.74) is 1.55. The number of aromatic nitrogens is 1. The second-order valence-electron chi connectivity index (χ2n) is 7.09. The first-order valence-corrected chi connectivity index (χ1v) is 10.2. The fraction of sp³-hybridized carbons (Fsp3) is 0.381. The number of guanidine groups is 1. The van der Waals surface area contributed by atoms with E-state index in [4.69, 9.17) is 11.6 Å². The van der Waals surface area contributed by atoms with Crippen LogP contribution in [0, 0.1) is 12.7 Å². The number of aliphatic imine (C=N–C) groups is 1. The monoisotopic (exact) mass is 560 g/mol. The van der Waals surface area contributed by atoms with Crippen molar-refractivity contribution in [3.8, 4) is 0 Å². The number of carbonyl (C=O) groups excluding carboxylic acids is 1. The smallest absolute Gasteiger partial charge is 0.226 e. The molecule has 168 valence electrons. The maximum Gasteiger partial charge on any atom is 0.226 e.